The molecule has 3 aromatic rings. The molecule has 1 aliphatic carbocycles. The molecule has 0 aromatic heterocycles. The predicted octanol–water partition coefficient (Wildman–Crippen LogP) is 3.90. The summed E-state index contributed by atoms with van der Waals surface area (Å²) in [6.07, 6.45) is 10.0. The van der Waals surface area contributed by atoms with Gasteiger partial charge in [-0.2, -0.15) is 0 Å². The predicted molar refractivity (Wildman–Crippen MR) is 101 cm³/mol. The number of rotatable bonds is 3. The summed E-state index contributed by atoms with van der Waals surface area (Å²) in [5.41, 5.74) is 0. The van der Waals surface area contributed by atoms with Crippen LogP contribution in [0.4, 0.5) is 0 Å². The molecule has 0 atom stereocenters. The van der Waals surface area contributed by atoms with E-state index in [1.807, 2.05) is 30.7 Å². The Hall–Kier alpha value is -2.15. The molecule has 0 fully saturated rings. The number of hydrogen-bond acceptors (Lipinski definition) is 0. The molecular weight excluding hydrogens is 324 g/mol. The summed E-state index contributed by atoms with van der Waals surface area (Å²) >= 11 is -1.63. The second kappa shape index (κ2) is 9.22. The Labute approximate surface area is 151 Å². The van der Waals surface area contributed by atoms with E-state index in [4.69, 9.17) is 0 Å². The Morgan fingerprint density at radius 1 is 0.375 bits per heavy atom. The van der Waals surface area contributed by atoms with Crippen LogP contribution in [-0.4, -0.2) is 0 Å². The molecule has 0 N–H and O–H groups in total. The molecule has 1 aliphatic rings. The van der Waals surface area contributed by atoms with Gasteiger partial charge in [0.05, 0.1) is 0 Å². The summed E-state index contributed by atoms with van der Waals surface area (Å²) in [4.78, 5) is 0. The molecule has 0 nitrogen and oxygen atoms in total. The van der Waals surface area contributed by atoms with Crippen LogP contribution in [0.3, 0.4) is 0 Å². The maximum atomic E-state index is 2.27. The molecule has 0 saturated carbocycles. The molecule has 0 unspecified atom stereocenters. The van der Waals surface area contributed by atoms with E-state index in [1.165, 1.54) is 11.6 Å². The molecule has 24 heavy (non-hydrogen) atoms. The summed E-state index contributed by atoms with van der Waals surface area (Å²) in [5.74, 6) is 0. The van der Waals surface area contributed by atoms with Gasteiger partial charge in [0, 0.05) is 6.42 Å². The fourth-order valence-corrected chi connectivity index (χ4v) is 6.66. The van der Waals surface area contributed by atoms with Crippen molar-refractivity contribution in [2.45, 2.75) is 0 Å². The van der Waals surface area contributed by atoms with Crippen molar-refractivity contribution in [1.29, 1.82) is 0 Å². The Morgan fingerprint density at radius 3 is 0.958 bits per heavy atom. The van der Waals surface area contributed by atoms with Crippen molar-refractivity contribution < 1.29 is 17.9 Å². The summed E-state index contributed by atoms with van der Waals surface area (Å²) in [5, 5.41) is 0. The van der Waals surface area contributed by atoms with E-state index in [0.29, 0.717) is 0 Å². The van der Waals surface area contributed by atoms with Crippen LogP contribution in [0, 0.1) is 6.42 Å². The Morgan fingerprint density at radius 2 is 0.708 bits per heavy atom. The molecule has 0 spiro atoms. The molecule has 0 saturated heterocycles. The van der Waals surface area contributed by atoms with Gasteiger partial charge in [0.25, 0.3) is 0 Å². The SMILES string of the molecule is [CH]1C=CC=C1.c1cc[c]([Ti]([c]2ccccc2)[c]2ccccc2)cc1. The fourth-order valence-electron chi connectivity index (χ4n) is 2.64. The van der Waals surface area contributed by atoms with Gasteiger partial charge in [0.2, 0.25) is 0 Å². The number of hydrogen-bond donors (Lipinski definition) is 0. The van der Waals surface area contributed by atoms with Crippen molar-refractivity contribution in [3.63, 3.8) is 0 Å². The van der Waals surface area contributed by atoms with Crippen LogP contribution in [0.1, 0.15) is 0 Å². The second-order valence-corrected chi connectivity index (χ2v) is 9.31. The van der Waals surface area contributed by atoms with E-state index >= 15 is 0 Å². The topological polar surface area (TPSA) is 0 Å². The first-order valence-electron chi connectivity index (χ1n) is 8.15. The molecule has 0 heterocycles. The Bertz CT molecular complexity index is 670. The third-order valence-electron chi connectivity index (χ3n) is 3.74. The maximum absolute atomic E-state index is 2.27. The molecule has 3 aromatic carbocycles. The fraction of sp³-hybridized carbons (Fsp3) is 0. The minimum atomic E-state index is -1.63. The zero-order valence-corrected chi connectivity index (χ0v) is 15.1. The average Bonchev–Trinajstić information content (AvgIpc) is 3.25. The van der Waals surface area contributed by atoms with Crippen LogP contribution in [0.15, 0.2) is 115 Å². The normalized spacial score (nSPS) is 11.7. The first kappa shape index (κ1) is 16.7. The summed E-state index contributed by atoms with van der Waals surface area (Å²) in [6, 6.07) is 32.8. The standard InChI is InChI=1S/3C6H5.C5H5.Ti/c3*1-2-4-6-5-3-1;1-2-4-5-3-1;/h3*1-5H;1-5H;. The van der Waals surface area contributed by atoms with Gasteiger partial charge in [-0.25, -0.2) is 0 Å². The van der Waals surface area contributed by atoms with Crippen molar-refractivity contribution in [2.24, 2.45) is 0 Å². The third-order valence-corrected chi connectivity index (χ3v) is 8.01. The monoisotopic (exact) mass is 344 g/mol. The van der Waals surface area contributed by atoms with Gasteiger partial charge in [0.15, 0.2) is 0 Å². The molecule has 4 rings (SSSR count). The average molecular weight is 344 g/mol. The molecule has 116 valence electrons. The van der Waals surface area contributed by atoms with Crippen LogP contribution in [0.25, 0.3) is 0 Å². The number of benzene rings is 3. The van der Waals surface area contributed by atoms with Gasteiger partial charge in [-0.3, -0.25) is 0 Å². The van der Waals surface area contributed by atoms with E-state index in [-0.39, 0.29) is 0 Å². The first-order valence-corrected chi connectivity index (χ1v) is 10.5. The zero-order valence-electron chi connectivity index (χ0n) is 13.5. The van der Waals surface area contributed by atoms with E-state index in [1.54, 1.807) is 0 Å². The zero-order chi connectivity index (χ0) is 16.5. The Kier molecular flexibility index (Phi) is 6.42. The molecule has 0 aliphatic heterocycles. The van der Waals surface area contributed by atoms with Gasteiger partial charge >= 0.3 is 120 Å². The van der Waals surface area contributed by atoms with Crippen LogP contribution >= 0.6 is 0 Å². The van der Waals surface area contributed by atoms with E-state index in [2.05, 4.69) is 91.0 Å². The van der Waals surface area contributed by atoms with Gasteiger partial charge in [-0.15, -0.1) is 0 Å². The van der Waals surface area contributed by atoms with Crippen molar-refractivity contribution in [3.05, 3.63) is 122 Å². The van der Waals surface area contributed by atoms with Crippen molar-refractivity contribution in [2.75, 3.05) is 0 Å². The van der Waals surface area contributed by atoms with Crippen LogP contribution < -0.4 is 11.6 Å². The van der Waals surface area contributed by atoms with Crippen LogP contribution in [-0.2, 0) is 17.9 Å². The molecule has 1 heteroatoms. The second-order valence-electron chi connectivity index (χ2n) is 5.44. The van der Waals surface area contributed by atoms with Gasteiger partial charge in [0.1, 0.15) is 0 Å². The van der Waals surface area contributed by atoms with Gasteiger partial charge in [-0.05, 0) is 0 Å². The first-order chi connectivity index (χ1) is 11.9. The summed E-state index contributed by atoms with van der Waals surface area (Å²) in [7, 11) is 0. The molecule has 0 bridgehead atoms. The van der Waals surface area contributed by atoms with Crippen molar-refractivity contribution >= 4 is 11.6 Å². The molecule has 0 amide bonds. The Balaban J connectivity index is 0.000000290. The van der Waals surface area contributed by atoms with Crippen LogP contribution in [0.2, 0.25) is 0 Å². The van der Waals surface area contributed by atoms with Gasteiger partial charge in [-0.1, -0.05) is 24.3 Å². The third kappa shape index (κ3) is 4.68. The van der Waals surface area contributed by atoms with Crippen LogP contribution in [0.5, 0.6) is 0 Å². The van der Waals surface area contributed by atoms with E-state index in [9.17, 15) is 0 Å². The summed E-state index contributed by atoms with van der Waals surface area (Å²) < 4.78 is 4.50. The van der Waals surface area contributed by atoms with Crippen molar-refractivity contribution in [3.8, 4) is 0 Å². The number of allylic oxidation sites excluding steroid dienone is 4. The molecule has 1 radical (unpaired) electrons. The van der Waals surface area contributed by atoms with Crippen molar-refractivity contribution in [1.82, 2.24) is 0 Å². The van der Waals surface area contributed by atoms with Gasteiger partial charge < -0.3 is 0 Å². The quantitative estimate of drug-likeness (QED) is 0.632. The summed E-state index contributed by atoms with van der Waals surface area (Å²) in [6.45, 7) is 0. The van der Waals surface area contributed by atoms with E-state index in [0.717, 1.165) is 0 Å². The minimum absolute atomic E-state index is 1.50. The van der Waals surface area contributed by atoms with E-state index < -0.39 is 17.9 Å². The molecular formula is C23H20Ti.